The van der Waals surface area contributed by atoms with Crippen LogP contribution in [0.25, 0.3) is 0 Å². The van der Waals surface area contributed by atoms with Crippen LogP contribution < -0.4 is 4.94 Å². The van der Waals surface area contributed by atoms with Gasteiger partial charge in [-0.2, -0.15) is 12.7 Å². The lowest BCUT2D eigenvalue weighted by molar-refractivity contribution is 0.380. The van der Waals surface area contributed by atoms with E-state index >= 15 is 0 Å². The molecule has 94 valence electrons. The zero-order valence-corrected chi connectivity index (χ0v) is 10.4. The maximum Gasteiger partial charge on any atom is 0.305 e. The van der Waals surface area contributed by atoms with Crippen molar-refractivity contribution in [3.05, 3.63) is 35.4 Å². The second kappa shape index (κ2) is 4.72. The fourth-order valence-electron chi connectivity index (χ4n) is 2.29. The fraction of sp³-hybridized carbons (Fsp3) is 0.455. The van der Waals surface area contributed by atoms with E-state index in [0.29, 0.717) is 13.1 Å². The lowest BCUT2D eigenvalue weighted by Crippen LogP contribution is -2.35. The van der Waals surface area contributed by atoms with Crippen LogP contribution in [0.4, 0.5) is 4.48 Å². The molecule has 0 bridgehead atoms. The van der Waals surface area contributed by atoms with Gasteiger partial charge in [-0.1, -0.05) is 24.3 Å². The highest BCUT2D eigenvalue weighted by molar-refractivity contribution is 7.87. The predicted octanol–water partition coefficient (Wildman–Crippen LogP) is 1.50. The molecule has 1 aliphatic rings. The number of hydrogen-bond donors (Lipinski definition) is 1. The van der Waals surface area contributed by atoms with E-state index in [2.05, 4.69) is 0 Å². The van der Waals surface area contributed by atoms with Gasteiger partial charge in [-0.25, -0.2) is 0 Å². The van der Waals surface area contributed by atoms with Gasteiger partial charge in [-0.3, -0.25) is 0 Å². The lowest BCUT2D eigenvalue weighted by Gasteiger charge is -2.15. The molecule has 6 heteroatoms. The molecule has 1 N–H and O–H groups in total. The van der Waals surface area contributed by atoms with Crippen LogP contribution in [-0.4, -0.2) is 25.8 Å². The highest BCUT2D eigenvalue weighted by Crippen LogP contribution is 2.30. The zero-order chi connectivity index (χ0) is 12.5. The summed E-state index contributed by atoms with van der Waals surface area (Å²) in [7, 11) is -3.94. The van der Waals surface area contributed by atoms with Crippen molar-refractivity contribution < 1.29 is 12.9 Å². The topological polar surface area (TPSA) is 49.4 Å². The Bertz CT molecular complexity index is 504. The highest BCUT2D eigenvalue weighted by atomic mass is 32.2. The Hall–Kier alpha value is -0.980. The highest BCUT2D eigenvalue weighted by Gasteiger charge is 2.32. The maximum absolute atomic E-state index is 12.2. The van der Waals surface area contributed by atoms with Crippen LogP contribution in [0, 0.1) is 6.92 Å². The Morgan fingerprint density at radius 1 is 1.41 bits per heavy atom. The second-order valence-electron chi connectivity index (χ2n) is 4.28. The van der Waals surface area contributed by atoms with Crippen molar-refractivity contribution in [2.45, 2.75) is 19.3 Å². The third-order valence-electron chi connectivity index (χ3n) is 3.22. The van der Waals surface area contributed by atoms with E-state index in [4.69, 9.17) is 0 Å². The first-order valence-corrected chi connectivity index (χ1v) is 6.91. The predicted molar refractivity (Wildman–Crippen MR) is 63.3 cm³/mol. The summed E-state index contributed by atoms with van der Waals surface area (Å²) >= 11 is 0. The first-order valence-electron chi connectivity index (χ1n) is 5.47. The first-order chi connectivity index (χ1) is 8.04. The van der Waals surface area contributed by atoms with Gasteiger partial charge < -0.3 is 0 Å². The third kappa shape index (κ3) is 2.48. The molecule has 1 unspecified atom stereocenters. The van der Waals surface area contributed by atoms with Crippen molar-refractivity contribution in [3.63, 3.8) is 0 Å². The van der Waals surface area contributed by atoms with Gasteiger partial charge in [0.05, 0.1) is 0 Å². The van der Waals surface area contributed by atoms with Crippen LogP contribution in [0.15, 0.2) is 24.3 Å². The van der Waals surface area contributed by atoms with Gasteiger partial charge in [0.2, 0.25) is 0 Å². The van der Waals surface area contributed by atoms with Crippen LogP contribution in [0.5, 0.6) is 0 Å². The summed E-state index contributed by atoms with van der Waals surface area (Å²) in [5.74, 6) is 0.152. The summed E-state index contributed by atoms with van der Waals surface area (Å²) in [5.41, 5.74) is 2.29. The van der Waals surface area contributed by atoms with Gasteiger partial charge in [-0.15, -0.1) is 4.48 Å². The smallest absolute Gasteiger partial charge is 0.193 e. The van der Waals surface area contributed by atoms with Crippen LogP contribution in [0.2, 0.25) is 0 Å². The van der Waals surface area contributed by atoms with Crippen LogP contribution >= 0.6 is 0 Å². The molecule has 0 aliphatic carbocycles. The minimum Gasteiger partial charge on any atom is -0.193 e. The molecule has 1 aliphatic heterocycles. The molecule has 1 heterocycles. The summed E-state index contributed by atoms with van der Waals surface area (Å²) in [6, 6.07) is 7.89. The molecule has 0 radical (unpaired) electrons. The summed E-state index contributed by atoms with van der Waals surface area (Å²) in [6.07, 6.45) is 0.728. The molecule has 1 aromatic rings. The minimum absolute atomic E-state index is 0.152. The molecule has 0 saturated carbocycles. The average molecular weight is 258 g/mol. The van der Waals surface area contributed by atoms with E-state index in [0.717, 1.165) is 26.8 Å². The van der Waals surface area contributed by atoms with E-state index in [1.165, 1.54) is 0 Å². The number of hydrogen-bond acceptors (Lipinski definition) is 2. The molecule has 17 heavy (non-hydrogen) atoms. The third-order valence-corrected chi connectivity index (χ3v) is 4.42. The van der Waals surface area contributed by atoms with Crippen molar-refractivity contribution in [1.82, 2.24) is 9.25 Å². The Labute approximate surface area is 101 Å². The van der Waals surface area contributed by atoms with E-state index in [1.807, 2.05) is 31.2 Å². The Morgan fingerprint density at radius 3 is 2.76 bits per heavy atom. The van der Waals surface area contributed by atoms with Crippen molar-refractivity contribution in [3.8, 4) is 0 Å². The van der Waals surface area contributed by atoms with Crippen molar-refractivity contribution in [2.75, 3.05) is 13.1 Å². The number of aryl methyl sites for hydroxylation is 1. The molecule has 1 fully saturated rings. The van der Waals surface area contributed by atoms with Gasteiger partial charge in [-0.05, 0) is 35.3 Å². The molecular weight excluding hydrogens is 243 g/mol. The number of benzene rings is 1. The summed E-state index contributed by atoms with van der Waals surface area (Å²) in [5, 5.41) is 0. The number of nitrogens with zero attached hydrogens (tertiary/aromatic N) is 1. The Morgan fingerprint density at radius 2 is 2.12 bits per heavy atom. The largest absolute Gasteiger partial charge is 0.305 e. The van der Waals surface area contributed by atoms with Crippen molar-refractivity contribution >= 4 is 10.2 Å². The molecule has 0 amide bonds. The molecule has 0 spiro atoms. The molecular formula is C11H15FN2O2S. The number of nitrogens with one attached hydrogen (secondary N) is 1. The number of halogens is 1. The van der Waals surface area contributed by atoms with Crippen LogP contribution in [0.1, 0.15) is 23.5 Å². The quantitative estimate of drug-likeness (QED) is 0.835. The fourth-order valence-corrected chi connectivity index (χ4v) is 3.11. The Balaban J connectivity index is 2.17. The van der Waals surface area contributed by atoms with Gasteiger partial charge in [0, 0.05) is 13.1 Å². The molecule has 4 nitrogen and oxygen atoms in total. The van der Waals surface area contributed by atoms with Crippen molar-refractivity contribution in [2.24, 2.45) is 0 Å². The Kier molecular flexibility index (Phi) is 3.46. The summed E-state index contributed by atoms with van der Waals surface area (Å²) in [6.45, 7) is 2.70. The van der Waals surface area contributed by atoms with Crippen LogP contribution in [-0.2, 0) is 10.2 Å². The second-order valence-corrected chi connectivity index (χ2v) is 5.90. The molecule has 1 saturated heterocycles. The van der Waals surface area contributed by atoms with Gasteiger partial charge >= 0.3 is 10.2 Å². The van der Waals surface area contributed by atoms with E-state index in [1.54, 1.807) is 0 Å². The average Bonchev–Trinajstić information content (AvgIpc) is 2.79. The van der Waals surface area contributed by atoms with Gasteiger partial charge in [0.25, 0.3) is 0 Å². The van der Waals surface area contributed by atoms with E-state index in [9.17, 15) is 12.9 Å². The summed E-state index contributed by atoms with van der Waals surface area (Å²) < 4.78 is 35.9. The van der Waals surface area contributed by atoms with Gasteiger partial charge in [0.1, 0.15) is 0 Å². The van der Waals surface area contributed by atoms with E-state index < -0.39 is 10.2 Å². The zero-order valence-electron chi connectivity index (χ0n) is 9.56. The standard InChI is InChI=1S/C11H15FN2O2S/c1-9-4-2-3-5-11(9)10-6-7-14(8-10)17(15,16)13-12/h2-5,10,13H,6-8H2,1H3. The van der Waals surface area contributed by atoms with E-state index in [-0.39, 0.29) is 5.92 Å². The SMILES string of the molecule is Cc1ccccc1C1CCN(S(=O)(=O)NF)C1. The van der Waals surface area contributed by atoms with Crippen LogP contribution in [0.3, 0.4) is 0 Å². The first kappa shape index (κ1) is 12.5. The normalized spacial score (nSPS) is 21.9. The molecule has 1 aromatic carbocycles. The summed E-state index contributed by atoms with van der Waals surface area (Å²) in [4.78, 5) is 0.868. The van der Waals surface area contributed by atoms with Gasteiger partial charge in [0.15, 0.2) is 0 Å². The lowest BCUT2D eigenvalue weighted by atomic mass is 9.94. The number of rotatable bonds is 3. The van der Waals surface area contributed by atoms with Crippen molar-refractivity contribution in [1.29, 1.82) is 0 Å². The maximum atomic E-state index is 12.2. The molecule has 2 rings (SSSR count). The molecule has 1 atom stereocenters. The molecule has 0 aromatic heterocycles. The minimum atomic E-state index is -3.94. The monoisotopic (exact) mass is 258 g/mol.